The van der Waals surface area contributed by atoms with Crippen molar-refractivity contribution in [1.82, 2.24) is 9.88 Å². The molecule has 2 aromatic carbocycles. The Bertz CT molecular complexity index is 989. The topological polar surface area (TPSA) is 48.9 Å². The Labute approximate surface area is 190 Å². The number of benzene rings is 2. The number of ether oxygens (including phenoxy) is 1. The quantitative estimate of drug-likeness (QED) is 0.508. The standard InChI is InChI=1S/C26H30N4O2/c1-32-26(31)24-12-5-6-13-25(24)30(21-22-9-7-8-14-27-22)20-17-28-15-18-29(19-16-28)23-10-3-2-4-11-23/h2-14H,15-21H2,1H3. The van der Waals surface area contributed by atoms with Crippen molar-refractivity contribution in [3.05, 3.63) is 90.3 Å². The lowest BCUT2D eigenvalue weighted by Gasteiger charge is -2.37. The average Bonchev–Trinajstić information content (AvgIpc) is 2.87. The van der Waals surface area contributed by atoms with E-state index in [2.05, 4.69) is 50.0 Å². The molecule has 1 saturated heterocycles. The van der Waals surface area contributed by atoms with Crippen LogP contribution in [0.1, 0.15) is 16.1 Å². The molecule has 0 unspecified atom stereocenters. The fourth-order valence-corrected chi connectivity index (χ4v) is 4.13. The summed E-state index contributed by atoms with van der Waals surface area (Å²) in [5.74, 6) is -0.317. The van der Waals surface area contributed by atoms with Crippen LogP contribution in [0, 0.1) is 0 Å². The highest BCUT2D eigenvalue weighted by Gasteiger charge is 2.21. The molecular weight excluding hydrogens is 400 g/mol. The molecule has 0 amide bonds. The lowest BCUT2D eigenvalue weighted by Crippen LogP contribution is -2.48. The zero-order chi connectivity index (χ0) is 22.2. The van der Waals surface area contributed by atoms with E-state index in [1.807, 2.05) is 48.7 Å². The van der Waals surface area contributed by atoms with Gasteiger partial charge in [0.05, 0.1) is 30.6 Å². The first kappa shape index (κ1) is 21.8. The molecule has 32 heavy (non-hydrogen) atoms. The van der Waals surface area contributed by atoms with E-state index in [1.54, 1.807) is 0 Å². The number of aromatic nitrogens is 1. The van der Waals surface area contributed by atoms with Crippen LogP contribution in [0.25, 0.3) is 0 Å². The van der Waals surface area contributed by atoms with Gasteiger partial charge in [-0.25, -0.2) is 4.79 Å². The van der Waals surface area contributed by atoms with Crippen LogP contribution >= 0.6 is 0 Å². The van der Waals surface area contributed by atoms with Crippen LogP contribution in [0.4, 0.5) is 11.4 Å². The Morgan fingerprint density at radius 3 is 2.38 bits per heavy atom. The van der Waals surface area contributed by atoms with Crippen molar-refractivity contribution in [2.75, 3.05) is 56.2 Å². The molecule has 1 aromatic heterocycles. The van der Waals surface area contributed by atoms with Gasteiger partial charge < -0.3 is 14.5 Å². The molecule has 6 nitrogen and oxygen atoms in total. The number of para-hydroxylation sites is 2. The number of pyridine rings is 1. The van der Waals surface area contributed by atoms with Crippen molar-refractivity contribution >= 4 is 17.3 Å². The molecule has 1 fully saturated rings. The van der Waals surface area contributed by atoms with Gasteiger partial charge in [0.2, 0.25) is 0 Å². The van der Waals surface area contributed by atoms with Gasteiger partial charge in [-0.1, -0.05) is 36.4 Å². The first-order valence-corrected chi connectivity index (χ1v) is 11.1. The maximum Gasteiger partial charge on any atom is 0.339 e. The Kier molecular flexibility index (Phi) is 7.35. The van der Waals surface area contributed by atoms with Gasteiger partial charge in [0.15, 0.2) is 0 Å². The largest absolute Gasteiger partial charge is 0.465 e. The minimum absolute atomic E-state index is 0.317. The summed E-state index contributed by atoms with van der Waals surface area (Å²) < 4.78 is 5.03. The first-order chi connectivity index (χ1) is 15.7. The van der Waals surface area contributed by atoms with Crippen molar-refractivity contribution < 1.29 is 9.53 Å². The molecule has 2 heterocycles. The minimum atomic E-state index is -0.317. The summed E-state index contributed by atoms with van der Waals surface area (Å²) >= 11 is 0. The molecule has 0 aliphatic carbocycles. The summed E-state index contributed by atoms with van der Waals surface area (Å²) in [6.45, 7) is 6.43. The highest BCUT2D eigenvalue weighted by Crippen LogP contribution is 2.23. The van der Waals surface area contributed by atoms with Crippen LogP contribution in [0.2, 0.25) is 0 Å². The number of esters is 1. The fraction of sp³-hybridized carbons (Fsp3) is 0.308. The Balaban J connectivity index is 1.44. The molecule has 0 bridgehead atoms. The Morgan fingerprint density at radius 1 is 0.938 bits per heavy atom. The van der Waals surface area contributed by atoms with Gasteiger partial charge in [0.1, 0.15) is 0 Å². The summed E-state index contributed by atoms with van der Waals surface area (Å²) in [4.78, 5) is 24.1. The van der Waals surface area contributed by atoms with Gasteiger partial charge in [-0.3, -0.25) is 9.88 Å². The number of rotatable bonds is 8. The van der Waals surface area contributed by atoms with Crippen LogP contribution < -0.4 is 9.80 Å². The Morgan fingerprint density at radius 2 is 1.66 bits per heavy atom. The van der Waals surface area contributed by atoms with Crippen LogP contribution in [-0.2, 0) is 11.3 Å². The molecular formula is C26H30N4O2. The second-order valence-electron chi connectivity index (χ2n) is 7.92. The van der Waals surface area contributed by atoms with Crippen molar-refractivity contribution in [1.29, 1.82) is 0 Å². The van der Waals surface area contributed by atoms with E-state index < -0.39 is 0 Å². The van der Waals surface area contributed by atoms with Gasteiger partial charge in [0, 0.05) is 51.2 Å². The van der Waals surface area contributed by atoms with Crippen molar-refractivity contribution in [3.8, 4) is 0 Å². The summed E-state index contributed by atoms with van der Waals surface area (Å²) in [7, 11) is 1.43. The predicted molar refractivity (Wildman–Crippen MR) is 128 cm³/mol. The van der Waals surface area contributed by atoms with Crippen LogP contribution in [-0.4, -0.2) is 62.2 Å². The van der Waals surface area contributed by atoms with Gasteiger partial charge in [-0.05, 0) is 36.4 Å². The monoisotopic (exact) mass is 430 g/mol. The molecule has 0 radical (unpaired) electrons. The summed E-state index contributed by atoms with van der Waals surface area (Å²) in [5, 5.41) is 0. The third kappa shape index (κ3) is 5.45. The zero-order valence-electron chi connectivity index (χ0n) is 18.6. The van der Waals surface area contributed by atoms with Crippen molar-refractivity contribution in [3.63, 3.8) is 0 Å². The highest BCUT2D eigenvalue weighted by atomic mass is 16.5. The lowest BCUT2D eigenvalue weighted by atomic mass is 10.1. The normalized spacial score (nSPS) is 14.2. The third-order valence-electron chi connectivity index (χ3n) is 5.91. The molecule has 1 aliphatic rings. The molecule has 4 rings (SSSR count). The highest BCUT2D eigenvalue weighted by molar-refractivity contribution is 5.95. The van der Waals surface area contributed by atoms with Gasteiger partial charge in [-0.15, -0.1) is 0 Å². The van der Waals surface area contributed by atoms with E-state index in [9.17, 15) is 4.79 Å². The second kappa shape index (κ2) is 10.8. The average molecular weight is 431 g/mol. The lowest BCUT2D eigenvalue weighted by molar-refractivity contribution is 0.0601. The van der Waals surface area contributed by atoms with Crippen LogP contribution in [0.15, 0.2) is 79.0 Å². The van der Waals surface area contributed by atoms with Gasteiger partial charge in [-0.2, -0.15) is 0 Å². The number of hydrogen-bond acceptors (Lipinski definition) is 6. The molecule has 166 valence electrons. The van der Waals surface area contributed by atoms with E-state index >= 15 is 0 Å². The van der Waals surface area contributed by atoms with Crippen molar-refractivity contribution in [2.45, 2.75) is 6.54 Å². The van der Waals surface area contributed by atoms with E-state index in [1.165, 1.54) is 12.8 Å². The van der Waals surface area contributed by atoms with E-state index in [4.69, 9.17) is 4.74 Å². The molecule has 6 heteroatoms. The summed E-state index contributed by atoms with van der Waals surface area (Å²) in [6.07, 6.45) is 1.81. The number of hydrogen-bond donors (Lipinski definition) is 0. The smallest absolute Gasteiger partial charge is 0.339 e. The number of methoxy groups -OCH3 is 1. The maximum atomic E-state index is 12.4. The molecule has 1 aliphatic heterocycles. The van der Waals surface area contributed by atoms with Crippen LogP contribution in [0.5, 0.6) is 0 Å². The van der Waals surface area contributed by atoms with Gasteiger partial charge >= 0.3 is 5.97 Å². The molecule has 0 N–H and O–H groups in total. The molecule has 3 aromatic rings. The van der Waals surface area contributed by atoms with E-state index in [-0.39, 0.29) is 5.97 Å². The fourth-order valence-electron chi connectivity index (χ4n) is 4.13. The minimum Gasteiger partial charge on any atom is -0.465 e. The summed E-state index contributed by atoms with van der Waals surface area (Å²) in [6, 6.07) is 24.2. The maximum absolute atomic E-state index is 12.4. The molecule has 0 atom stereocenters. The number of nitrogens with zero attached hydrogens (tertiary/aromatic N) is 4. The molecule has 0 saturated carbocycles. The number of piperazine rings is 1. The summed E-state index contributed by atoms with van der Waals surface area (Å²) in [5.41, 5.74) is 3.73. The van der Waals surface area contributed by atoms with Crippen molar-refractivity contribution in [2.24, 2.45) is 0 Å². The second-order valence-corrected chi connectivity index (χ2v) is 7.92. The first-order valence-electron chi connectivity index (χ1n) is 11.1. The number of carbonyl (C=O) groups excluding carboxylic acids is 1. The van der Waals surface area contributed by atoms with E-state index in [0.717, 1.165) is 50.6 Å². The predicted octanol–water partition coefficient (Wildman–Crippen LogP) is 3.70. The number of anilines is 2. The molecule has 0 spiro atoms. The zero-order valence-corrected chi connectivity index (χ0v) is 18.6. The van der Waals surface area contributed by atoms with Gasteiger partial charge in [0.25, 0.3) is 0 Å². The third-order valence-corrected chi connectivity index (χ3v) is 5.91. The van der Waals surface area contributed by atoms with Crippen LogP contribution in [0.3, 0.4) is 0 Å². The van der Waals surface area contributed by atoms with E-state index in [0.29, 0.717) is 12.1 Å². The number of carbonyl (C=O) groups is 1. The SMILES string of the molecule is COC(=O)c1ccccc1N(CCN1CCN(c2ccccc2)CC1)Cc1ccccn1. The Hall–Kier alpha value is -3.38.